The van der Waals surface area contributed by atoms with Crippen LogP contribution in [0.3, 0.4) is 0 Å². The zero-order valence-electron chi connectivity index (χ0n) is 16.2. The summed E-state index contributed by atoms with van der Waals surface area (Å²) < 4.78 is 47.0. The number of alkyl carbamates (subject to hydrolysis) is 1. The van der Waals surface area contributed by atoms with Crippen molar-refractivity contribution < 1.29 is 27.8 Å². The summed E-state index contributed by atoms with van der Waals surface area (Å²) in [5, 5.41) is 11.9. The first-order valence-corrected chi connectivity index (χ1v) is 9.70. The SMILES string of the molecule is CC(CO)NC(=O)O[C@H]1C[C@H](c2c(-c3ccc(F)cc3)[nH]c3c(F)cc(F)cc32)C1. The maximum absolute atomic E-state index is 14.4. The summed E-state index contributed by atoms with van der Waals surface area (Å²) in [5.41, 5.74) is 2.15. The van der Waals surface area contributed by atoms with Crippen molar-refractivity contribution in [2.75, 3.05) is 6.61 Å². The maximum atomic E-state index is 14.4. The summed E-state index contributed by atoms with van der Waals surface area (Å²) in [4.78, 5) is 14.9. The predicted octanol–water partition coefficient (Wildman–Crippen LogP) is 4.61. The molecule has 4 rings (SSSR count). The van der Waals surface area contributed by atoms with Crippen LogP contribution in [0.1, 0.15) is 31.2 Å². The monoisotopic (exact) mass is 418 g/mol. The van der Waals surface area contributed by atoms with Crippen molar-refractivity contribution in [2.45, 2.75) is 37.8 Å². The summed E-state index contributed by atoms with van der Waals surface area (Å²) in [7, 11) is 0. The van der Waals surface area contributed by atoms with Gasteiger partial charge < -0.3 is 20.1 Å². The Morgan fingerprint density at radius 3 is 2.57 bits per heavy atom. The van der Waals surface area contributed by atoms with Crippen LogP contribution in [0.2, 0.25) is 0 Å². The second-order valence-corrected chi connectivity index (χ2v) is 7.65. The van der Waals surface area contributed by atoms with Gasteiger partial charge in [0.05, 0.1) is 23.9 Å². The number of rotatable bonds is 5. The van der Waals surface area contributed by atoms with Crippen LogP contribution in [0, 0.1) is 17.5 Å². The van der Waals surface area contributed by atoms with Gasteiger partial charge in [0.15, 0.2) is 0 Å². The molecule has 1 unspecified atom stereocenters. The molecule has 0 saturated heterocycles. The molecule has 1 fully saturated rings. The number of halogens is 3. The molecule has 1 atom stereocenters. The zero-order valence-corrected chi connectivity index (χ0v) is 16.2. The van der Waals surface area contributed by atoms with Gasteiger partial charge in [-0.05, 0) is 67.1 Å². The molecule has 1 amide bonds. The van der Waals surface area contributed by atoms with E-state index in [9.17, 15) is 18.0 Å². The molecule has 0 spiro atoms. The molecule has 1 aromatic heterocycles. The van der Waals surface area contributed by atoms with Gasteiger partial charge in [0.1, 0.15) is 23.6 Å². The van der Waals surface area contributed by atoms with Crippen LogP contribution in [-0.2, 0) is 4.74 Å². The van der Waals surface area contributed by atoms with Crippen molar-refractivity contribution in [1.82, 2.24) is 10.3 Å². The number of nitrogens with one attached hydrogen (secondary N) is 2. The molecule has 158 valence electrons. The Hall–Kier alpha value is -3.00. The summed E-state index contributed by atoms with van der Waals surface area (Å²) in [5.74, 6) is -1.87. The van der Waals surface area contributed by atoms with Gasteiger partial charge >= 0.3 is 6.09 Å². The van der Waals surface area contributed by atoms with Gasteiger partial charge in [0.25, 0.3) is 0 Å². The fraction of sp³-hybridized carbons (Fsp3) is 0.318. The van der Waals surface area contributed by atoms with Crippen molar-refractivity contribution in [3.8, 4) is 11.3 Å². The molecule has 1 heterocycles. The van der Waals surface area contributed by atoms with Gasteiger partial charge in [-0.1, -0.05) is 0 Å². The third-order valence-corrected chi connectivity index (χ3v) is 5.41. The van der Waals surface area contributed by atoms with Crippen molar-refractivity contribution in [3.63, 3.8) is 0 Å². The first-order valence-electron chi connectivity index (χ1n) is 9.70. The molecule has 0 aliphatic heterocycles. The molecule has 8 heteroatoms. The van der Waals surface area contributed by atoms with Crippen LogP contribution < -0.4 is 5.32 Å². The van der Waals surface area contributed by atoms with E-state index in [1.165, 1.54) is 18.2 Å². The Kier molecular flexibility index (Phi) is 5.42. The molecular formula is C22H21F3N2O3. The topological polar surface area (TPSA) is 74.3 Å². The van der Waals surface area contributed by atoms with Crippen LogP contribution in [0.15, 0.2) is 36.4 Å². The third kappa shape index (κ3) is 3.87. The minimum absolute atomic E-state index is 0.0898. The van der Waals surface area contributed by atoms with Gasteiger partial charge in [0.2, 0.25) is 0 Å². The van der Waals surface area contributed by atoms with Crippen molar-refractivity contribution >= 4 is 17.0 Å². The Morgan fingerprint density at radius 2 is 1.90 bits per heavy atom. The van der Waals surface area contributed by atoms with E-state index in [1.807, 2.05) is 0 Å². The lowest BCUT2D eigenvalue weighted by Crippen LogP contribution is -2.40. The number of amides is 1. The van der Waals surface area contributed by atoms with Crippen molar-refractivity contribution in [2.24, 2.45) is 0 Å². The van der Waals surface area contributed by atoms with Gasteiger partial charge in [0, 0.05) is 11.5 Å². The van der Waals surface area contributed by atoms with Crippen LogP contribution in [0.25, 0.3) is 22.2 Å². The molecule has 3 N–H and O–H groups in total. The second kappa shape index (κ2) is 8.02. The molecule has 30 heavy (non-hydrogen) atoms. The molecule has 1 aliphatic rings. The first-order chi connectivity index (χ1) is 14.4. The number of carbonyl (C=O) groups excluding carboxylic acids is 1. The standard InChI is InChI=1S/C22H21F3N2O3/c1-11(10-28)26-22(29)30-16-6-13(7-16)19-17-8-15(24)9-18(25)21(17)27-20(19)12-2-4-14(23)5-3-12/h2-5,8-9,11,13,16,27-28H,6-7,10H2,1H3,(H,26,29)/t11?,13-,16-. The Balaban J connectivity index is 1.63. The molecular weight excluding hydrogens is 397 g/mol. The number of ether oxygens (including phenoxy) is 1. The summed E-state index contributed by atoms with van der Waals surface area (Å²) in [6, 6.07) is 7.44. The van der Waals surface area contributed by atoms with E-state index in [1.54, 1.807) is 19.1 Å². The number of hydrogen-bond acceptors (Lipinski definition) is 3. The van der Waals surface area contributed by atoms with Gasteiger partial charge in [-0.25, -0.2) is 18.0 Å². The molecule has 0 bridgehead atoms. The van der Waals surface area contributed by atoms with Crippen molar-refractivity contribution in [1.29, 1.82) is 0 Å². The number of hydrogen-bond donors (Lipinski definition) is 3. The second-order valence-electron chi connectivity index (χ2n) is 7.65. The smallest absolute Gasteiger partial charge is 0.407 e. The molecule has 2 aromatic carbocycles. The highest BCUT2D eigenvalue weighted by Gasteiger charge is 2.37. The Labute approximate surface area is 170 Å². The average molecular weight is 418 g/mol. The van der Waals surface area contributed by atoms with Crippen LogP contribution in [0.4, 0.5) is 18.0 Å². The fourth-order valence-electron chi connectivity index (χ4n) is 3.84. The molecule has 3 aromatic rings. The minimum atomic E-state index is -0.705. The predicted molar refractivity (Wildman–Crippen MR) is 106 cm³/mol. The highest BCUT2D eigenvalue weighted by atomic mass is 19.1. The average Bonchev–Trinajstić information content (AvgIpc) is 3.04. The van der Waals surface area contributed by atoms with Gasteiger partial charge in [-0.15, -0.1) is 0 Å². The first kappa shape index (κ1) is 20.3. The Bertz CT molecular complexity index is 1080. The lowest BCUT2D eigenvalue weighted by Gasteiger charge is -2.35. The minimum Gasteiger partial charge on any atom is -0.446 e. The zero-order chi connectivity index (χ0) is 21.4. The highest BCUT2D eigenvalue weighted by molar-refractivity contribution is 5.92. The molecule has 5 nitrogen and oxygen atoms in total. The lowest BCUT2D eigenvalue weighted by atomic mass is 9.75. The number of aromatic amines is 1. The number of fused-ring (bicyclic) bond motifs is 1. The third-order valence-electron chi connectivity index (χ3n) is 5.41. The highest BCUT2D eigenvalue weighted by Crippen LogP contribution is 2.46. The van der Waals surface area contributed by atoms with Crippen LogP contribution in [-0.4, -0.2) is 34.9 Å². The summed E-state index contributed by atoms with van der Waals surface area (Å²) in [6.07, 6.45) is 0.0144. The number of benzene rings is 2. The van der Waals surface area contributed by atoms with E-state index in [0.29, 0.717) is 29.5 Å². The lowest BCUT2D eigenvalue weighted by molar-refractivity contribution is 0.0370. The number of aliphatic hydroxyl groups excluding tert-OH is 1. The van der Waals surface area contributed by atoms with E-state index in [-0.39, 0.29) is 24.1 Å². The fourth-order valence-corrected chi connectivity index (χ4v) is 3.84. The quantitative estimate of drug-likeness (QED) is 0.567. The maximum Gasteiger partial charge on any atom is 0.407 e. The summed E-state index contributed by atoms with van der Waals surface area (Å²) >= 11 is 0. The van der Waals surface area contributed by atoms with E-state index >= 15 is 0 Å². The summed E-state index contributed by atoms with van der Waals surface area (Å²) in [6.45, 7) is 1.45. The number of carbonyl (C=O) groups is 1. The number of aliphatic hydroxyl groups is 1. The normalized spacial score (nSPS) is 19.4. The Morgan fingerprint density at radius 1 is 1.20 bits per heavy atom. The molecule has 1 saturated carbocycles. The molecule has 0 radical (unpaired) electrons. The number of aromatic nitrogens is 1. The van der Waals surface area contributed by atoms with E-state index in [2.05, 4.69) is 10.3 Å². The van der Waals surface area contributed by atoms with E-state index in [4.69, 9.17) is 9.84 Å². The molecule has 1 aliphatic carbocycles. The van der Waals surface area contributed by atoms with Crippen LogP contribution in [0.5, 0.6) is 0 Å². The number of H-pyrrole nitrogens is 1. The van der Waals surface area contributed by atoms with E-state index in [0.717, 1.165) is 11.6 Å². The van der Waals surface area contributed by atoms with Crippen molar-refractivity contribution in [3.05, 3.63) is 59.4 Å². The van der Waals surface area contributed by atoms with Crippen LogP contribution >= 0.6 is 0 Å². The van der Waals surface area contributed by atoms with Gasteiger partial charge in [-0.3, -0.25) is 0 Å². The largest absolute Gasteiger partial charge is 0.446 e. The van der Waals surface area contributed by atoms with E-state index < -0.39 is 29.6 Å². The van der Waals surface area contributed by atoms with Gasteiger partial charge in [-0.2, -0.15) is 0 Å².